The van der Waals surface area contributed by atoms with Crippen molar-refractivity contribution in [1.82, 2.24) is 4.90 Å². The molecule has 1 N–H and O–H groups in total. The van der Waals surface area contributed by atoms with Gasteiger partial charge in [-0.2, -0.15) is 0 Å². The Bertz CT molecular complexity index is 405. The van der Waals surface area contributed by atoms with Gasteiger partial charge in [0.2, 0.25) is 0 Å². The summed E-state index contributed by atoms with van der Waals surface area (Å²) in [6.07, 6.45) is 2.67. The predicted octanol–water partition coefficient (Wildman–Crippen LogP) is 1.95. The number of aliphatic hydroxyl groups is 1. The first kappa shape index (κ1) is 14.0. The quantitative estimate of drug-likeness (QED) is 0.893. The van der Waals surface area contributed by atoms with E-state index in [1.165, 1.54) is 6.42 Å². The summed E-state index contributed by atoms with van der Waals surface area (Å²) in [4.78, 5) is 2.40. The highest BCUT2D eigenvalue weighted by Crippen LogP contribution is 2.28. The van der Waals surface area contributed by atoms with Gasteiger partial charge in [-0.3, -0.25) is 4.90 Å². The Kier molecular flexibility index (Phi) is 4.68. The van der Waals surface area contributed by atoms with Crippen LogP contribution in [-0.2, 0) is 9.47 Å². The lowest BCUT2D eigenvalue weighted by molar-refractivity contribution is -0.0660. The van der Waals surface area contributed by atoms with Crippen LogP contribution in [0.15, 0.2) is 30.3 Å². The van der Waals surface area contributed by atoms with Crippen LogP contribution in [0, 0.1) is 0 Å². The van der Waals surface area contributed by atoms with Gasteiger partial charge in [0.25, 0.3) is 0 Å². The molecule has 0 amide bonds. The third-order valence-corrected chi connectivity index (χ3v) is 4.25. The molecule has 0 aliphatic carbocycles. The molecule has 4 heteroatoms. The number of hydrogen-bond acceptors (Lipinski definition) is 4. The van der Waals surface area contributed by atoms with E-state index in [1.54, 1.807) is 0 Å². The van der Waals surface area contributed by atoms with Gasteiger partial charge in [-0.15, -0.1) is 0 Å². The zero-order valence-corrected chi connectivity index (χ0v) is 11.8. The summed E-state index contributed by atoms with van der Waals surface area (Å²) in [5, 5.41) is 10.4. The van der Waals surface area contributed by atoms with Crippen LogP contribution < -0.4 is 0 Å². The normalized spacial score (nSPS) is 26.1. The molecule has 20 heavy (non-hydrogen) atoms. The minimum absolute atomic E-state index is 0.0792. The summed E-state index contributed by atoms with van der Waals surface area (Å²) in [5.41, 5.74) is 1.01. The second-order valence-electron chi connectivity index (χ2n) is 5.62. The molecule has 2 atom stereocenters. The molecule has 2 unspecified atom stereocenters. The van der Waals surface area contributed by atoms with Gasteiger partial charge in [0.05, 0.1) is 19.3 Å². The number of aliphatic hydroxyl groups excluding tert-OH is 1. The molecule has 0 saturated carbocycles. The lowest BCUT2D eigenvalue weighted by Crippen LogP contribution is -2.37. The fraction of sp³-hybridized carbons (Fsp3) is 0.625. The first-order valence-electron chi connectivity index (χ1n) is 7.53. The molecule has 2 saturated heterocycles. The highest BCUT2D eigenvalue weighted by molar-refractivity contribution is 5.17. The Hall–Kier alpha value is -0.940. The predicted molar refractivity (Wildman–Crippen MR) is 76.3 cm³/mol. The number of likely N-dealkylation sites (tertiary alicyclic amines) is 1. The minimum Gasteiger partial charge on any atom is -0.388 e. The van der Waals surface area contributed by atoms with Gasteiger partial charge in [0.1, 0.15) is 0 Å². The zero-order chi connectivity index (χ0) is 13.8. The van der Waals surface area contributed by atoms with Gasteiger partial charge in [-0.25, -0.2) is 0 Å². The number of ether oxygens (including phenoxy) is 2. The number of hydrogen-bond donors (Lipinski definition) is 1. The summed E-state index contributed by atoms with van der Waals surface area (Å²) in [7, 11) is 0. The molecule has 2 aliphatic rings. The monoisotopic (exact) mass is 277 g/mol. The van der Waals surface area contributed by atoms with Crippen LogP contribution in [0.1, 0.15) is 30.9 Å². The Labute approximate surface area is 120 Å². The average molecular weight is 277 g/mol. The second-order valence-corrected chi connectivity index (χ2v) is 5.62. The molecule has 0 aromatic heterocycles. The van der Waals surface area contributed by atoms with Crippen LogP contribution in [0.3, 0.4) is 0 Å². The van der Waals surface area contributed by atoms with Crippen molar-refractivity contribution in [2.24, 2.45) is 0 Å². The van der Waals surface area contributed by atoms with Crippen LogP contribution in [0.4, 0.5) is 0 Å². The Morgan fingerprint density at radius 2 is 1.95 bits per heavy atom. The van der Waals surface area contributed by atoms with E-state index in [4.69, 9.17) is 9.47 Å². The van der Waals surface area contributed by atoms with Crippen LogP contribution in [0.25, 0.3) is 0 Å². The maximum Gasteiger partial charge on any atom is 0.170 e. The van der Waals surface area contributed by atoms with Gasteiger partial charge in [0, 0.05) is 12.6 Å². The van der Waals surface area contributed by atoms with Crippen molar-refractivity contribution in [2.75, 3.05) is 26.3 Å². The Morgan fingerprint density at radius 3 is 2.70 bits per heavy atom. The highest BCUT2D eigenvalue weighted by atomic mass is 16.7. The van der Waals surface area contributed by atoms with Gasteiger partial charge in [-0.05, 0) is 31.4 Å². The van der Waals surface area contributed by atoms with Crippen molar-refractivity contribution in [3.05, 3.63) is 35.9 Å². The molecule has 0 radical (unpaired) electrons. The lowest BCUT2D eigenvalue weighted by Gasteiger charge is -2.28. The maximum absolute atomic E-state index is 10.4. The average Bonchev–Trinajstić information content (AvgIpc) is 3.13. The smallest absolute Gasteiger partial charge is 0.170 e. The van der Waals surface area contributed by atoms with Crippen molar-refractivity contribution in [2.45, 2.75) is 37.7 Å². The molecule has 2 heterocycles. The van der Waals surface area contributed by atoms with E-state index in [9.17, 15) is 5.11 Å². The maximum atomic E-state index is 10.4. The van der Waals surface area contributed by atoms with E-state index in [0.29, 0.717) is 19.3 Å². The topological polar surface area (TPSA) is 41.9 Å². The molecule has 0 spiro atoms. The van der Waals surface area contributed by atoms with E-state index in [0.717, 1.165) is 31.5 Å². The van der Waals surface area contributed by atoms with Crippen molar-refractivity contribution in [3.8, 4) is 0 Å². The minimum atomic E-state index is -0.382. The fourth-order valence-corrected chi connectivity index (χ4v) is 3.18. The van der Waals surface area contributed by atoms with Gasteiger partial charge < -0.3 is 14.6 Å². The van der Waals surface area contributed by atoms with Crippen molar-refractivity contribution >= 4 is 0 Å². The van der Waals surface area contributed by atoms with Crippen LogP contribution in [0.5, 0.6) is 0 Å². The summed E-state index contributed by atoms with van der Waals surface area (Å²) in [5.74, 6) is 0. The van der Waals surface area contributed by atoms with E-state index in [1.807, 2.05) is 30.3 Å². The third kappa shape index (κ3) is 3.38. The zero-order valence-electron chi connectivity index (χ0n) is 11.8. The molecule has 2 aliphatic heterocycles. The van der Waals surface area contributed by atoms with Gasteiger partial charge in [0.15, 0.2) is 6.29 Å². The fourth-order valence-electron chi connectivity index (χ4n) is 3.18. The first-order chi connectivity index (χ1) is 9.83. The van der Waals surface area contributed by atoms with Crippen LogP contribution in [-0.4, -0.2) is 48.6 Å². The van der Waals surface area contributed by atoms with Gasteiger partial charge in [-0.1, -0.05) is 30.3 Å². The van der Waals surface area contributed by atoms with Crippen molar-refractivity contribution in [1.29, 1.82) is 0 Å². The summed E-state index contributed by atoms with van der Waals surface area (Å²) in [6, 6.07) is 10.3. The summed E-state index contributed by atoms with van der Waals surface area (Å²) >= 11 is 0. The molecule has 4 nitrogen and oxygen atoms in total. The molecule has 110 valence electrons. The number of rotatable bonds is 5. The standard InChI is InChI=1S/C16H23NO3/c18-15(13-5-2-1-3-6-13)11-14-7-4-8-17(14)12-16-19-9-10-20-16/h1-3,5-6,14-16,18H,4,7-12H2. The summed E-state index contributed by atoms with van der Waals surface area (Å²) in [6.45, 7) is 3.31. The Balaban J connectivity index is 1.55. The largest absolute Gasteiger partial charge is 0.388 e. The van der Waals surface area contributed by atoms with Crippen molar-refractivity contribution in [3.63, 3.8) is 0 Å². The molecule has 2 fully saturated rings. The van der Waals surface area contributed by atoms with E-state index in [-0.39, 0.29) is 12.4 Å². The molecule has 3 rings (SSSR count). The van der Waals surface area contributed by atoms with Crippen molar-refractivity contribution < 1.29 is 14.6 Å². The molecule has 1 aromatic carbocycles. The lowest BCUT2D eigenvalue weighted by atomic mass is 10.0. The molecular formula is C16H23NO3. The second kappa shape index (κ2) is 6.68. The van der Waals surface area contributed by atoms with Crippen LogP contribution >= 0.6 is 0 Å². The molecule has 1 aromatic rings. The summed E-state index contributed by atoms with van der Waals surface area (Å²) < 4.78 is 11.1. The molecular weight excluding hydrogens is 254 g/mol. The van der Waals surface area contributed by atoms with E-state index in [2.05, 4.69) is 4.90 Å². The van der Waals surface area contributed by atoms with E-state index >= 15 is 0 Å². The first-order valence-corrected chi connectivity index (χ1v) is 7.53. The highest BCUT2D eigenvalue weighted by Gasteiger charge is 2.30. The van der Waals surface area contributed by atoms with Gasteiger partial charge >= 0.3 is 0 Å². The molecule has 0 bridgehead atoms. The van der Waals surface area contributed by atoms with Crippen LogP contribution in [0.2, 0.25) is 0 Å². The SMILES string of the molecule is OC(CC1CCCN1CC1OCCO1)c1ccccc1. The Morgan fingerprint density at radius 1 is 1.20 bits per heavy atom. The third-order valence-electron chi connectivity index (χ3n) is 4.25. The number of nitrogens with zero attached hydrogens (tertiary/aromatic N) is 1. The van der Waals surface area contributed by atoms with E-state index < -0.39 is 0 Å². The number of benzene rings is 1.